The maximum Gasteiger partial charge on any atom is 0.221 e. The highest BCUT2D eigenvalue weighted by Gasteiger charge is 2.05. The van der Waals surface area contributed by atoms with Crippen molar-refractivity contribution in [2.24, 2.45) is 0 Å². The van der Waals surface area contributed by atoms with Crippen LogP contribution in [0, 0.1) is 0 Å². The number of nitrogens with zero attached hydrogens (tertiary/aromatic N) is 2. The minimum absolute atomic E-state index is 0.178. The molecular weight excluding hydrogens is 216 g/mol. The summed E-state index contributed by atoms with van der Waals surface area (Å²) in [6.07, 6.45) is 1.62. The number of hydrogen-bond donors (Lipinski definition) is 2. The maximum absolute atomic E-state index is 5.79. The molecule has 2 aromatic rings. The molecule has 0 aliphatic carbocycles. The molecular formula is C12H14N4O. The number of benzene rings is 1. The molecule has 0 saturated carbocycles. The van der Waals surface area contributed by atoms with Crippen LogP contribution < -0.4 is 16.2 Å². The van der Waals surface area contributed by atoms with Crippen molar-refractivity contribution >= 4 is 11.8 Å². The minimum Gasteiger partial charge on any atom is -0.494 e. The normalized spacial score (nSPS) is 10.2. The summed E-state index contributed by atoms with van der Waals surface area (Å²) >= 11 is 0. The van der Waals surface area contributed by atoms with Crippen LogP contribution in [0.5, 0.6) is 5.75 Å². The third-order valence-electron chi connectivity index (χ3n) is 2.31. The fourth-order valence-corrected chi connectivity index (χ4v) is 1.53. The molecule has 0 radical (unpaired) electrons. The number of nitrogens with two attached hydrogens (primary N) is 2. The molecule has 88 valence electrons. The van der Waals surface area contributed by atoms with Gasteiger partial charge in [0.25, 0.3) is 0 Å². The Hall–Kier alpha value is -2.30. The lowest BCUT2D eigenvalue weighted by Gasteiger charge is -2.07. The summed E-state index contributed by atoms with van der Waals surface area (Å²) in [4.78, 5) is 7.85. The quantitative estimate of drug-likeness (QED) is 0.838. The molecule has 0 aliphatic heterocycles. The van der Waals surface area contributed by atoms with E-state index in [2.05, 4.69) is 9.97 Å². The topological polar surface area (TPSA) is 87.0 Å². The minimum atomic E-state index is 0.178. The van der Waals surface area contributed by atoms with Crippen LogP contribution in [0.4, 0.5) is 11.8 Å². The van der Waals surface area contributed by atoms with Crippen LogP contribution in [0.3, 0.4) is 0 Å². The van der Waals surface area contributed by atoms with Gasteiger partial charge in [-0.3, -0.25) is 0 Å². The van der Waals surface area contributed by atoms with Crippen LogP contribution >= 0.6 is 0 Å². The lowest BCUT2D eigenvalue weighted by Crippen LogP contribution is -2.01. The van der Waals surface area contributed by atoms with Gasteiger partial charge in [0.15, 0.2) is 0 Å². The van der Waals surface area contributed by atoms with E-state index in [4.69, 9.17) is 16.2 Å². The van der Waals surface area contributed by atoms with E-state index >= 15 is 0 Å². The molecule has 4 N–H and O–H groups in total. The zero-order valence-corrected chi connectivity index (χ0v) is 9.55. The number of ether oxygens (including phenoxy) is 1. The Bertz CT molecular complexity index is 510. The molecule has 0 amide bonds. The van der Waals surface area contributed by atoms with Crippen LogP contribution in [0.1, 0.15) is 6.92 Å². The molecule has 1 aromatic heterocycles. The van der Waals surface area contributed by atoms with Crippen molar-refractivity contribution in [1.82, 2.24) is 9.97 Å². The highest BCUT2D eigenvalue weighted by atomic mass is 16.5. The zero-order chi connectivity index (χ0) is 12.3. The fraction of sp³-hybridized carbons (Fsp3) is 0.167. The summed E-state index contributed by atoms with van der Waals surface area (Å²) in [7, 11) is 0. The highest BCUT2D eigenvalue weighted by molar-refractivity contribution is 5.73. The molecule has 2 rings (SSSR count). The van der Waals surface area contributed by atoms with E-state index in [0.29, 0.717) is 12.4 Å². The largest absolute Gasteiger partial charge is 0.494 e. The van der Waals surface area contributed by atoms with E-state index in [9.17, 15) is 0 Å². The standard InChI is InChI=1S/C12H14N4O/c1-2-17-9-5-3-8(4-6-9)10-7-15-12(14)16-11(10)13/h3-7H,2H2,1H3,(H4,13,14,15,16). The van der Waals surface area contributed by atoms with Crippen molar-refractivity contribution in [1.29, 1.82) is 0 Å². The molecule has 1 heterocycles. The Kier molecular flexibility index (Phi) is 3.09. The van der Waals surface area contributed by atoms with Crippen molar-refractivity contribution in [3.05, 3.63) is 30.5 Å². The monoisotopic (exact) mass is 230 g/mol. The van der Waals surface area contributed by atoms with Gasteiger partial charge in [0.2, 0.25) is 5.95 Å². The van der Waals surface area contributed by atoms with Gasteiger partial charge in [0, 0.05) is 11.8 Å². The maximum atomic E-state index is 5.79. The number of hydrogen-bond acceptors (Lipinski definition) is 5. The van der Waals surface area contributed by atoms with E-state index in [1.165, 1.54) is 0 Å². The predicted octanol–water partition coefficient (Wildman–Crippen LogP) is 1.71. The number of nitrogen functional groups attached to an aromatic ring is 2. The molecule has 0 fully saturated rings. The first-order valence-electron chi connectivity index (χ1n) is 5.32. The smallest absolute Gasteiger partial charge is 0.221 e. The van der Waals surface area contributed by atoms with Crippen molar-refractivity contribution in [2.75, 3.05) is 18.1 Å². The first-order valence-corrected chi connectivity index (χ1v) is 5.32. The molecule has 1 aromatic carbocycles. The zero-order valence-electron chi connectivity index (χ0n) is 9.55. The van der Waals surface area contributed by atoms with Crippen LogP contribution in [0.25, 0.3) is 11.1 Å². The summed E-state index contributed by atoms with van der Waals surface area (Å²) in [5.74, 6) is 1.38. The van der Waals surface area contributed by atoms with Gasteiger partial charge in [-0.25, -0.2) is 4.98 Å². The van der Waals surface area contributed by atoms with Crippen molar-refractivity contribution in [2.45, 2.75) is 6.92 Å². The molecule has 0 atom stereocenters. The van der Waals surface area contributed by atoms with E-state index in [1.54, 1.807) is 6.20 Å². The summed E-state index contributed by atoms with van der Waals surface area (Å²) in [6, 6.07) is 7.59. The summed E-state index contributed by atoms with van der Waals surface area (Å²) in [6.45, 7) is 2.59. The summed E-state index contributed by atoms with van der Waals surface area (Å²) < 4.78 is 5.36. The highest BCUT2D eigenvalue weighted by Crippen LogP contribution is 2.25. The Morgan fingerprint density at radius 1 is 1.18 bits per heavy atom. The average molecular weight is 230 g/mol. The molecule has 5 nitrogen and oxygen atoms in total. The van der Waals surface area contributed by atoms with Gasteiger partial charge in [0.05, 0.1) is 6.61 Å². The van der Waals surface area contributed by atoms with Gasteiger partial charge in [-0.2, -0.15) is 4.98 Å². The van der Waals surface area contributed by atoms with Crippen LogP contribution in [-0.2, 0) is 0 Å². The molecule has 0 saturated heterocycles. The molecule has 17 heavy (non-hydrogen) atoms. The number of anilines is 2. The second-order valence-electron chi connectivity index (χ2n) is 3.48. The van der Waals surface area contributed by atoms with Crippen molar-refractivity contribution in [3.63, 3.8) is 0 Å². The first kappa shape index (κ1) is 11.2. The van der Waals surface area contributed by atoms with E-state index < -0.39 is 0 Å². The second-order valence-corrected chi connectivity index (χ2v) is 3.48. The third-order valence-corrected chi connectivity index (χ3v) is 2.31. The fourth-order valence-electron chi connectivity index (χ4n) is 1.53. The summed E-state index contributed by atoms with van der Waals surface area (Å²) in [5.41, 5.74) is 12.9. The van der Waals surface area contributed by atoms with Crippen LogP contribution in [0.15, 0.2) is 30.5 Å². The third kappa shape index (κ3) is 2.44. The van der Waals surface area contributed by atoms with Crippen LogP contribution in [-0.4, -0.2) is 16.6 Å². The first-order chi connectivity index (χ1) is 8.20. The Balaban J connectivity index is 2.33. The van der Waals surface area contributed by atoms with Crippen LogP contribution in [0.2, 0.25) is 0 Å². The Morgan fingerprint density at radius 2 is 1.88 bits per heavy atom. The SMILES string of the molecule is CCOc1ccc(-c2cnc(N)nc2N)cc1. The van der Waals surface area contributed by atoms with Gasteiger partial charge < -0.3 is 16.2 Å². The molecule has 0 aliphatic rings. The molecule has 0 bridgehead atoms. The van der Waals surface area contributed by atoms with Gasteiger partial charge >= 0.3 is 0 Å². The van der Waals surface area contributed by atoms with Gasteiger partial charge in [-0.05, 0) is 24.6 Å². The lowest BCUT2D eigenvalue weighted by atomic mass is 10.1. The number of aromatic nitrogens is 2. The van der Waals surface area contributed by atoms with E-state index in [0.717, 1.165) is 16.9 Å². The average Bonchev–Trinajstić information content (AvgIpc) is 2.31. The van der Waals surface area contributed by atoms with Gasteiger partial charge in [0.1, 0.15) is 11.6 Å². The predicted molar refractivity (Wildman–Crippen MR) is 67.5 cm³/mol. The molecule has 0 spiro atoms. The second kappa shape index (κ2) is 4.69. The van der Waals surface area contributed by atoms with E-state index in [1.807, 2.05) is 31.2 Å². The Morgan fingerprint density at radius 3 is 2.47 bits per heavy atom. The van der Waals surface area contributed by atoms with Gasteiger partial charge in [-0.15, -0.1) is 0 Å². The van der Waals surface area contributed by atoms with Crippen molar-refractivity contribution in [3.8, 4) is 16.9 Å². The van der Waals surface area contributed by atoms with Crippen molar-refractivity contribution < 1.29 is 4.74 Å². The lowest BCUT2D eigenvalue weighted by molar-refractivity contribution is 0.340. The van der Waals surface area contributed by atoms with Gasteiger partial charge in [-0.1, -0.05) is 12.1 Å². The Labute approximate surface area is 99.5 Å². The molecule has 0 unspecified atom stereocenters. The number of rotatable bonds is 3. The van der Waals surface area contributed by atoms with E-state index in [-0.39, 0.29) is 5.95 Å². The summed E-state index contributed by atoms with van der Waals surface area (Å²) in [5, 5.41) is 0. The molecule has 5 heteroatoms.